The molecule has 0 aliphatic rings. The summed E-state index contributed by atoms with van der Waals surface area (Å²) in [7, 11) is 0. The van der Waals surface area contributed by atoms with Crippen LogP contribution in [0.15, 0.2) is 30.6 Å². The Bertz CT molecular complexity index is 522. The third-order valence-corrected chi connectivity index (χ3v) is 2.90. The molecule has 0 spiro atoms. The highest BCUT2D eigenvalue weighted by molar-refractivity contribution is 5.53. The first-order chi connectivity index (χ1) is 7.89. The number of hydrogen-bond donors (Lipinski definition) is 1. The van der Waals surface area contributed by atoms with Gasteiger partial charge in [-0.25, -0.2) is 4.68 Å². The Hall–Kier alpha value is -1.77. The van der Waals surface area contributed by atoms with Crippen LogP contribution in [-0.2, 0) is 5.41 Å². The van der Waals surface area contributed by atoms with E-state index in [4.69, 9.17) is 0 Å². The molecular weight excluding hydrogens is 212 g/mol. The van der Waals surface area contributed by atoms with Crippen LogP contribution in [0.2, 0.25) is 0 Å². The van der Waals surface area contributed by atoms with Crippen molar-refractivity contribution in [2.45, 2.75) is 33.1 Å². The number of phenols is 1. The predicted octanol–water partition coefficient (Wildman–Crippen LogP) is 3.18. The normalized spacial score (nSPS) is 11.8. The summed E-state index contributed by atoms with van der Waals surface area (Å²) in [6.07, 6.45) is 3.54. The van der Waals surface area contributed by atoms with E-state index in [1.807, 2.05) is 31.3 Å². The van der Waals surface area contributed by atoms with Gasteiger partial charge in [0.25, 0.3) is 0 Å². The zero-order chi connectivity index (χ0) is 12.6. The monoisotopic (exact) mass is 230 g/mol. The van der Waals surface area contributed by atoms with Crippen molar-refractivity contribution in [3.8, 4) is 11.4 Å². The number of aromatic nitrogens is 2. The highest BCUT2D eigenvalue weighted by atomic mass is 16.3. The molecule has 2 rings (SSSR count). The van der Waals surface area contributed by atoms with Crippen molar-refractivity contribution in [1.82, 2.24) is 9.78 Å². The smallest absolute Gasteiger partial charge is 0.144 e. The molecular formula is C14H18N2O. The van der Waals surface area contributed by atoms with Crippen molar-refractivity contribution < 1.29 is 5.11 Å². The Morgan fingerprint density at radius 3 is 2.47 bits per heavy atom. The van der Waals surface area contributed by atoms with Crippen molar-refractivity contribution in [3.63, 3.8) is 0 Å². The molecule has 0 saturated heterocycles. The number of phenolic OH excluding ortho intramolecular Hbond substituents is 1. The van der Waals surface area contributed by atoms with Crippen LogP contribution in [0.1, 0.15) is 31.9 Å². The first-order valence-corrected chi connectivity index (χ1v) is 5.73. The van der Waals surface area contributed by atoms with Crippen LogP contribution in [0.5, 0.6) is 5.75 Å². The van der Waals surface area contributed by atoms with Crippen LogP contribution < -0.4 is 0 Å². The van der Waals surface area contributed by atoms with E-state index in [1.165, 1.54) is 5.56 Å². The zero-order valence-corrected chi connectivity index (χ0v) is 10.7. The van der Waals surface area contributed by atoms with Gasteiger partial charge in [0.15, 0.2) is 0 Å². The summed E-state index contributed by atoms with van der Waals surface area (Å²) in [6, 6.07) is 5.87. The van der Waals surface area contributed by atoms with Crippen LogP contribution in [0.3, 0.4) is 0 Å². The molecule has 0 amide bonds. The first kappa shape index (κ1) is 11.7. The van der Waals surface area contributed by atoms with Crippen LogP contribution >= 0.6 is 0 Å². The zero-order valence-electron chi connectivity index (χ0n) is 10.7. The van der Waals surface area contributed by atoms with Gasteiger partial charge in [0.2, 0.25) is 0 Å². The lowest BCUT2D eigenvalue weighted by atomic mass is 9.85. The van der Waals surface area contributed by atoms with Crippen LogP contribution in [0, 0.1) is 6.92 Å². The summed E-state index contributed by atoms with van der Waals surface area (Å²) in [5.41, 5.74) is 2.86. The van der Waals surface area contributed by atoms with Gasteiger partial charge in [-0.3, -0.25) is 0 Å². The van der Waals surface area contributed by atoms with E-state index < -0.39 is 0 Å². The second kappa shape index (κ2) is 3.91. The van der Waals surface area contributed by atoms with E-state index in [0.29, 0.717) is 5.75 Å². The highest BCUT2D eigenvalue weighted by Gasteiger charge is 2.18. The van der Waals surface area contributed by atoms with E-state index in [9.17, 15) is 5.11 Å². The van der Waals surface area contributed by atoms with Crippen molar-refractivity contribution in [2.75, 3.05) is 0 Å². The minimum absolute atomic E-state index is 0.0559. The summed E-state index contributed by atoms with van der Waals surface area (Å²) >= 11 is 0. The molecule has 1 N–H and O–H groups in total. The van der Waals surface area contributed by atoms with Crippen LogP contribution in [-0.4, -0.2) is 14.9 Å². The third-order valence-electron chi connectivity index (χ3n) is 2.90. The maximum absolute atomic E-state index is 10.1. The minimum Gasteiger partial charge on any atom is -0.505 e. The van der Waals surface area contributed by atoms with Gasteiger partial charge in [0, 0.05) is 12.4 Å². The molecule has 3 heteroatoms. The summed E-state index contributed by atoms with van der Waals surface area (Å²) in [6.45, 7) is 8.39. The molecule has 0 aliphatic carbocycles. The number of benzene rings is 1. The largest absolute Gasteiger partial charge is 0.505 e. The molecule has 0 aliphatic heterocycles. The van der Waals surface area contributed by atoms with Gasteiger partial charge in [-0.2, -0.15) is 5.10 Å². The third kappa shape index (κ3) is 2.18. The number of hydrogen-bond acceptors (Lipinski definition) is 2. The van der Waals surface area contributed by atoms with Gasteiger partial charge >= 0.3 is 0 Å². The van der Waals surface area contributed by atoms with E-state index in [0.717, 1.165) is 11.3 Å². The molecule has 2 aromatic rings. The molecule has 0 fully saturated rings. The highest BCUT2D eigenvalue weighted by Crippen LogP contribution is 2.32. The van der Waals surface area contributed by atoms with Crippen LogP contribution in [0.25, 0.3) is 5.69 Å². The van der Waals surface area contributed by atoms with Gasteiger partial charge in [0.1, 0.15) is 11.4 Å². The lowest BCUT2D eigenvalue weighted by molar-refractivity contribution is 0.464. The number of aromatic hydroxyl groups is 1. The minimum atomic E-state index is 0.0559. The summed E-state index contributed by atoms with van der Waals surface area (Å²) in [4.78, 5) is 0. The molecule has 0 saturated carbocycles. The Kier molecular flexibility index (Phi) is 2.69. The lowest BCUT2D eigenvalue weighted by Crippen LogP contribution is -2.12. The fourth-order valence-electron chi connectivity index (χ4n) is 1.78. The van der Waals surface area contributed by atoms with Crippen molar-refractivity contribution in [1.29, 1.82) is 0 Å². The molecule has 3 nitrogen and oxygen atoms in total. The second-order valence-electron chi connectivity index (χ2n) is 5.36. The fourth-order valence-corrected chi connectivity index (χ4v) is 1.78. The number of rotatable bonds is 1. The predicted molar refractivity (Wildman–Crippen MR) is 68.7 cm³/mol. The molecule has 0 unspecified atom stereocenters. The first-order valence-electron chi connectivity index (χ1n) is 5.73. The topological polar surface area (TPSA) is 38.0 Å². The Labute approximate surface area is 102 Å². The number of aryl methyl sites for hydroxylation is 1. The Morgan fingerprint density at radius 2 is 1.94 bits per heavy atom. The van der Waals surface area contributed by atoms with Gasteiger partial charge in [0.05, 0.1) is 0 Å². The Balaban J connectivity index is 2.64. The molecule has 0 radical (unpaired) electrons. The van der Waals surface area contributed by atoms with Crippen molar-refractivity contribution >= 4 is 0 Å². The second-order valence-corrected chi connectivity index (χ2v) is 5.36. The average molecular weight is 230 g/mol. The van der Waals surface area contributed by atoms with E-state index in [2.05, 4.69) is 25.9 Å². The van der Waals surface area contributed by atoms with E-state index in [1.54, 1.807) is 10.9 Å². The summed E-state index contributed by atoms with van der Waals surface area (Å²) in [5.74, 6) is 0.293. The maximum atomic E-state index is 10.1. The SMILES string of the molecule is Cc1cc(C(C)(C)C)cc(-n2cccn2)c1O. The maximum Gasteiger partial charge on any atom is 0.144 e. The molecule has 0 atom stereocenters. The quantitative estimate of drug-likeness (QED) is 0.817. The van der Waals surface area contributed by atoms with Crippen molar-refractivity contribution in [2.24, 2.45) is 0 Å². The fraction of sp³-hybridized carbons (Fsp3) is 0.357. The van der Waals surface area contributed by atoms with E-state index in [-0.39, 0.29) is 5.41 Å². The van der Waals surface area contributed by atoms with Gasteiger partial charge in [-0.1, -0.05) is 26.8 Å². The molecule has 1 aromatic carbocycles. The molecule has 0 bridgehead atoms. The molecule has 1 heterocycles. The summed E-state index contributed by atoms with van der Waals surface area (Å²) in [5, 5.41) is 14.3. The Morgan fingerprint density at radius 1 is 1.24 bits per heavy atom. The van der Waals surface area contributed by atoms with Gasteiger partial charge < -0.3 is 5.11 Å². The van der Waals surface area contributed by atoms with E-state index >= 15 is 0 Å². The van der Waals surface area contributed by atoms with Crippen LogP contribution in [0.4, 0.5) is 0 Å². The van der Waals surface area contributed by atoms with Gasteiger partial charge in [-0.05, 0) is 35.6 Å². The molecule has 17 heavy (non-hydrogen) atoms. The number of nitrogens with zero attached hydrogens (tertiary/aromatic N) is 2. The van der Waals surface area contributed by atoms with Crippen molar-refractivity contribution in [3.05, 3.63) is 41.7 Å². The molecule has 90 valence electrons. The summed E-state index contributed by atoms with van der Waals surface area (Å²) < 4.78 is 1.69. The van der Waals surface area contributed by atoms with Gasteiger partial charge in [-0.15, -0.1) is 0 Å². The average Bonchev–Trinajstić information content (AvgIpc) is 2.73. The standard InChI is InChI=1S/C14H18N2O/c1-10-8-11(14(2,3)4)9-12(13(10)17)16-7-5-6-15-16/h5-9,17H,1-4H3. The molecule has 1 aromatic heterocycles. The lowest BCUT2D eigenvalue weighted by Gasteiger charge is -2.21.